The van der Waals surface area contributed by atoms with E-state index in [1.54, 1.807) is 0 Å². The van der Waals surface area contributed by atoms with Crippen LogP contribution in [0.4, 0.5) is 0 Å². The highest BCUT2D eigenvalue weighted by atomic mass is 16.1. The fourth-order valence-electron chi connectivity index (χ4n) is 3.48. The van der Waals surface area contributed by atoms with Crippen molar-refractivity contribution >= 4 is 16.8 Å². The van der Waals surface area contributed by atoms with Crippen LogP contribution in [0.3, 0.4) is 0 Å². The van der Waals surface area contributed by atoms with Crippen LogP contribution in [0, 0.1) is 6.92 Å². The molecule has 5 nitrogen and oxygen atoms in total. The second-order valence-corrected chi connectivity index (χ2v) is 8.24. The monoisotopic (exact) mass is 388 g/mol. The van der Waals surface area contributed by atoms with E-state index in [1.165, 1.54) is 0 Å². The number of rotatable bonds is 7. The van der Waals surface area contributed by atoms with E-state index in [-0.39, 0.29) is 5.91 Å². The number of nitrogens with one attached hydrogen (secondary N) is 1. The Morgan fingerprint density at radius 2 is 2.00 bits per heavy atom. The summed E-state index contributed by atoms with van der Waals surface area (Å²) < 4.78 is 0. The predicted molar refractivity (Wildman–Crippen MR) is 117 cm³/mol. The number of nitrogens with zero attached hydrogens (tertiary/aromatic N) is 3. The second-order valence-electron chi connectivity index (χ2n) is 8.24. The Morgan fingerprint density at radius 1 is 1.17 bits per heavy atom. The van der Waals surface area contributed by atoms with Crippen LogP contribution in [-0.2, 0) is 6.42 Å². The minimum atomic E-state index is 0.0141. The zero-order valence-electron chi connectivity index (χ0n) is 17.4. The largest absolute Gasteiger partial charge is 0.349 e. The molecule has 1 aliphatic rings. The normalized spacial score (nSPS) is 13.8. The van der Waals surface area contributed by atoms with Crippen LogP contribution in [0.5, 0.6) is 0 Å². The van der Waals surface area contributed by atoms with Crippen LogP contribution in [0.15, 0.2) is 42.6 Å². The number of hydrogen-bond donors (Lipinski definition) is 1. The van der Waals surface area contributed by atoms with Gasteiger partial charge in [-0.3, -0.25) is 4.79 Å². The highest BCUT2D eigenvalue weighted by Gasteiger charge is 2.24. The molecular weight excluding hydrogens is 360 g/mol. The number of aromatic nitrogens is 2. The van der Waals surface area contributed by atoms with E-state index in [0.717, 1.165) is 65.6 Å². The molecule has 3 aromatic rings. The molecule has 0 aliphatic heterocycles. The third-order valence-corrected chi connectivity index (χ3v) is 5.36. The summed E-state index contributed by atoms with van der Waals surface area (Å²) in [6, 6.07) is 12.5. The van der Waals surface area contributed by atoms with Gasteiger partial charge < -0.3 is 10.2 Å². The summed E-state index contributed by atoms with van der Waals surface area (Å²) >= 11 is 0. The van der Waals surface area contributed by atoms with Gasteiger partial charge in [0.05, 0.1) is 5.52 Å². The molecule has 0 bridgehead atoms. The predicted octanol–water partition coefficient (Wildman–Crippen LogP) is 3.99. The van der Waals surface area contributed by atoms with E-state index in [9.17, 15) is 4.79 Å². The van der Waals surface area contributed by atoms with Crippen molar-refractivity contribution in [2.75, 3.05) is 20.6 Å². The lowest BCUT2D eigenvalue weighted by molar-refractivity contribution is 0.0951. The van der Waals surface area contributed by atoms with Crippen molar-refractivity contribution in [3.63, 3.8) is 0 Å². The van der Waals surface area contributed by atoms with E-state index in [0.29, 0.717) is 11.6 Å². The quantitative estimate of drug-likeness (QED) is 0.665. The van der Waals surface area contributed by atoms with Gasteiger partial charge in [0.2, 0.25) is 0 Å². The van der Waals surface area contributed by atoms with E-state index < -0.39 is 0 Å². The Bertz CT molecular complexity index is 1040. The topological polar surface area (TPSA) is 58.1 Å². The van der Waals surface area contributed by atoms with Gasteiger partial charge in [0.25, 0.3) is 5.91 Å². The lowest BCUT2D eigenvalue weighted by Crippen LogP contribution is -2.25. The van der Waals surface area contributed by atoms with Crippen molar-refractivity contribution in [2.24, 2.45) is 0 Å². The third kappa shape index (κ3) is 4.80. The summed E-state index contributed by atoms with van der Waals surface area (Å²) in [7, 11) is 4.16. The van der Waals surface area contributed by atoms with Crippen molar-refractivity contribution in [2.45, 2.75) is 38.6 Å². The van der Waals surface area contributed by atoms with Crippen LogP contribution in [0.2, 0.25) is 0 Å². The average molecular weight is 389 g/mol. The van der Waals surface area contributed by atoms with Crippen LogP contribution in [-0.4, -0.2) is 47.5 Å². The van der Waals surface area contributed by atoms with E-state index in [2.05, 4.69) is 54.4 Å². The molecule has 0 spiro atoms. The molecule has 1 heterocycles. The average Bonchev–Trinajstić information content (AvgIpc) is 3.51. The van der Waals surface area contributed by atoms with Gasteiger partial charge >= 0.3 is 0 Å². The molecule has 1 saturated carbocycles. The number of carbonyl (C=O) groups excluding carboxylic acids is 1. The molecular formula is C24H28N4O. The molecule has 1 amide bonds. The van der Waals surface area contributed by atoms with Crippen molar-refractivity contribution < 1.29 is 4.79 Å². The second kappa shape index (κ2) is 8.29. The molecule has 1 N–H and O–H groups in total. The zero-order chi connectivity index (χ0) is 20.4. The molecule has 5 heteroatoms. The van der Waals surface area contributed by atoms with E-state index in [4.69, 9.17) is 4.98 Å². The highest BCUT2D eigenvalue weighted by molar-refractivity contribution is 5.96. The van der Waals surface area contributed by atoms with Gasteiger partial charge in [-0.2, -0.15) is 0 Å². The smallest absolute Gasteiger partial charge is 0.251 e. The maximum atomic E-state index is 12.4. The summed E-state index contributed by atoms with van der Waals surface area (Å²) in [5.74, 6) is 0.905. The zero-order valence-corrected chi connectivity index (χ0v) is 17.4. The molecule has 4 rings (SSSR count). The number of benzene rings is 2. The minimum absolute atomic E-state index is 0.0141. The molecule has 1 aliphatic carbocycles. The van der Waals surface area contributed by atoms with Gasteiger partial charge in [0, 0.05) is 29.6 Å². The highest BCUT2D eigenvalue weighted by Crippen LogP contribution is 2.28. The van der Waals surface area contributed by atoms with Crippen molar-refractivity contribution in [3.05, 3.63) is 59.5 Å². The fraction of sp³-hybridized carbons (Fsp3) is 0.375. The number of hydrogen-bond acceptors (Lipinski definition) is 4. The number of fused-ring (bicyclic) bond motifs is 1. The number of aryl methyl sites for hydroxylation is 2. The van der Waals surface area contributed by atoms with Gasteiger partial charge in [0.15, 0.2) is 0 Å². The van der Waals surface area contributed by atoms with Gasteiger partial charge in [-0.15, -0.1) is 0 Å². The van der Waals surface area contributed by atoms with Gasteiger partial charge in [0.1, 0.15) is 5.82 Å². The van der Waals surface area contributed by atoms with Gasteiger partial charge in [-0.05, 0) is 87.8 Å². The first-order chi connectivity index (χ1) is 14.0. The summed E-state index contributed by atoms with van der Waals surface area (Å²) in [5.41, 5.74) is 4.98. The number of amides is 1. The first-order valence-electron chi connectivity index (χ1n) is 10.3. The fourth-order valence-corrected chi connectivity index (χ4v) is 3.48. The summed E-state index contributed by atoms with van der Waals surface area (Å²) in [6.07, 6.45) is 6.02. The van der Waals surface area contributed by atoms with E-state index >= 15 is 0 Å². The number of carbonyl (C=O) groups is 1. The van der Waals surface area contributed by atoms with Gasteiger partial charge in [-0.1, -0.05) is 12.1 Å². The maximum Gasteiger partial charge on any atom is 0.251 e. The Hall–Kier alpha value is -2.79. The summed E-state index contributed by atoms with van der Waals surface area (Å²) in [4.78, 5) is 23.9. The Morgan fingerprint density at radius 3 is 2.76 bits per heavy atom. The Labute approximate surface area is 172 Å². The molecule has 150 valence electrons. The molecule has 1 fully saturated rings. The first-order valence-corrected chi connectivity index (χ1v) is 10.3. The standard InChI is InChI=1S/C24H28N4O/c1-16-6-7-18(24(29)26-20-9-10-20)14-21(16)17-8-11-22-19(13-17)15-25-23(27-22)5-4-12-28(2)3/h6-8,11,13-15,20H,4-5,9-10,12H2,1-3H3,(H,26,29). The maximum absolute atomic E-state index is 12.4. The Kier molecular flexibility index (Phi) is 5.58. The van der Waals surface area contributed by atoms with Gasteiger partial charge in [-0.25, -0.2) is 9.97 Å². The van der Waals surface area contributed by atoms with Crippen LogP contribution < -0.4 is 5.32 Å². The molecule has 0 atom stereocenters. The van der Waals surface area contributed by atoms with Crippen LogP contribution >= 0.6 is 0 Å². The van der Waals surface area contributed by atoms with Crippen molar-refractivity contribution in [1.29, 1.82) is 0 Å². The van der Waals surface area contributed by atoms with Crippen molar-refractivity contribution in [1.82, 2.24) is 20.2 Å². The first kappa shape index (κ1) is 19.5. The minimum Gasteiger partial charge on any atom is -0.349 e. The molecule has 0 radical (unpaired) electrons. The SMILES string of the molecule is Cc1ccc(C(=O)NC2CC2)cc1-c1ccc2nc(CCCN(C)C)ncc2c1. The molecule has 0 unspecified atom stereocenters. The van der Waals surface area contributed by atoms with E-state index in [1.807, 2.05) is 24.4 Å². The van der Waals surface area contributed by atoms with Crippen LogP contribution in [0.25, 0.3) is 22.0 Å². The molecule has 2 aromatic carbocycles. The third-order valence-electron chi connectivity index (χ3n) is 5.36. The lowest BCUT2D eigenvalue weighted by atomic mass is 9.97. The summed E-state index contributed by atoms with van der Waals surface area (Å²) in [6.45, 7) is 3.11. The molecule has 29 heavy (non-hydrogen) atoms. The molecule has 1 aromatic heterocycles. The Balaban J connectivity index is 1.58. The summed E-state index contributed by atoms with van der Waals surface area (Å²) in [5, 5.41) is 4.09. The van der Waals surface area contributed by atoms with Crippen molar-refractivity contribution in [3.8, 4) is 11.1 Å². The lowest BCUT2D eigenvalue weighted by Gasteiger charge is -2.11. The molecule has 0 saturated heterocycles. The van der Waals surface area contributed by atoms with Crippen LogP contribution in [0.1, 0.15) is 41.0 Å².